The molecule has 0 saturated heterocycles. The molecule has 3 aromatic rings. The molecule has 8 nitrogen and oxygen atoms in total. The van der Waals surface area contributed by atoms with E-state index in [1.807, 2.05) is 39.0 Å². The monoisotopic (exact) mass is 367 g/mol. The number of ether oxygens (including phenoxy) is 2. The highest BCUT2D eigenvalue weighted by Gasteiger charge is 2.18. The highest BCUT2D eigenvalue weighted by molar-refractivity contribution is 6.04. The van der Waals surface area contributed by atoms with Gasteiger partial charge in [0.05, 0.1) is 19.4 Å². The zero-order valence-electron chi connectivity index (χ0n) is 15.4. The summed E-state index contributed by atoms with van der Waals surface area (Å²) in [7, 11) is 0. The van der Waals surface area contributed by atoms with E-state index in [2.05, 4.69) is 25.5 Å². The average molecular weight is 367 g/mol. The standard InChI is InChI=1S/C19H21N5O3/c1-4-26-15-7-6-13(10-16(15)27-5-2)17-12(3)23-24-18(17)22-19(25)14-11-20-8-9-21-14/h6-11H,4-5H2,1-3H3,(H2,22,23,24,25). The minimum absolute atomic E-state index is 0.214. The van der Waals surface area contributed by atoms with Crippen LogP contribution in [0.3, 0.4) is 0 Å². The van der Waals surface area contributed by atoms with E-state index >= 15 is 0 Å². The largest absolute Gasteiger partial charge is 0.490 e. The highest BCUT2D eigenvalue weighted by atomic mass is 16.5. The lowest BCUT2D eigenvalue weighted by Crippen LogP contribution is -2.14. The maximum Gasteiger partial charge on any atom is 0.277 e. The zero-order chi connectivity index (χ0) is 19.2. The number of aryl methyl sites for hydroxylation is 1. The fourth-order valence-electron chi connectivity index (χ4n) is 2.67. The number of rotatable bonds is 7. The van der Waals surface area contributed by atoms with E-state index in [1.165, 1.54) is 18.6 Å². The summed E-state index contributed by atoms with van der Waals surface area (Å²) in [5.74, 6) is 1.35. The second kappa shape index (κ2) is 8.31. The van der Waals surface area contributed by atoms with E-state index in [9.17, 15) is 4.79 Å². The zero-order valence-corrected chi connectivity index (χ0v) is 15.4. The maximum absolute atomic E-state index is 12.4. The van der Waals surface area contributed by atoms with E-state index < -0.39 is 0 Å². The second-order valence-electron chi connectivity index (χ2n) is 5.64. The van der Waals surface area contributed by atoms with Crippen LogP contribution >= 0.6 is 0 Å². The molecule has 0 aliphatic rings. The van der Waals surface area contributed by atoms with Crippen LogP contribution in [0.2, 0.25) is 0 Å². The van der Waals surface area contributed by atoms with Crippen molar-refractivity contribution < 1.29 is 14.3 Å². The van der Waals surface area contributed by atoms with Gasteiger partial charge in [0, 0.05) is 23.7 Å². The summed E-state index contributed by atoms with van der Waals surface area (Å²) >= 11 is 0. The van der Waals surface area contributed by atoms with Gasteiger partial charge in [0.2, 0.25) is 0 Å². The van der Waals surface area contributed by atoms with Crippen LogP contribution in [0.15, 0.2) is 36.8 Å². The summed E-state index contributed by atoms with van der Waals surface area (Å²) < 4.78 is 11.3. The molecule has 8 heteroatoms. The van der Waals surface area contributed by atoms with Crippen molar-refractivity contribution in [3.05, 3.63) is 48.2 Å². The first-order chi connectivity index (χ1) is 13.1. The summed E-state index contributed by atoms with van der Waals surface area (Å²) in [5.41, 5.74) is 2.65. The van der Waals surface area contributed by atoms with Gasteiger partial charge in [0.1, 0.15) is 5.69 Å². The number of nitrogens with zero attached hydrogens (tertiary/aromatic N) is 3. The molecule has 2 aromatic heterocycles. The van der Waals surface area contributed by atoms with Crippen molar-refractivity contribution in [2.24, 2.45) is 0 Å². The summed E-state index contributed by atoms with van der Waals surface area (Å²) in [6, 6.07) is 5.64. The van der Waals surface area contributed by atoms with E-state index in [-0.39, 0.29) is 11.6 Å². The summed E-state index contributed by atoms with van der Waals surface area (Å²) in [5, 5.41) is 9.91. The smallest absolute Gasteiger partial charge is 0.277 e. The van der Waals surface area contributed by atoms with Gasteiger partial charge in [0.25, 0.3) is 5.91 Å². The van der Waals surface area contributed by atoms with Crippen molar-refractivity contribution in [2.45, 2.75) is 20.8 Å². The normalized spacial score (nSPS) is 10.5. The van der Waals surface area contributed by atoms with Gasteiger partial charge in [-0.05, 0) is 38.5 Å². The molecule has 27 heavy (non-hydrogen) atoms. The van der Waals surface area contributed by atoms with Crippen molar-refractivity contribution in [3.63, 3.8) is 0 Å². The molecule has 0 aliphatic carbocycles. The van der Waals surface area contributed by atoms with Gasteiger partial charge >= 0.3 is 0 Å². The fourth-order valence-corrected chi connectivity index (χ4v) is 2.67. The lowest BCUT2D eigenvalue weighted by molar-refractivity contribution is 0.102. The minimum Gasteiger partial charge on any atom is -0.490 e. The number of amides is 1. The minimum atomic E-state index is -0.383. The Labute approximate surface area is 157 Å². The van der Waals surface area contributed by atoms with Crippen LogP contribution < -0.4 is 14.8 Å². The van der Waals surface area contributed by atoms with Gasteiger partial charge in [0.15, 0.2) is 17.3 Å². The third-order valence-corrected chi connectivity index (χ3v) is 3.81. The van der Waals surface area contributed by atoms with Crippen molar-refractivity contribution in [2.75, 3.05) is 18.5 Å². The molecule has 0 radical (unpaired) electrons. The van der Waals surface area contributed by atoms with Crippen LogP contribution in [-0.4, -0.2) is 39.3 Å². The summed E-state index contributed by atoms with van der Waals surface area (Å²) in [6.45, 7) is 6.78. The molecule has 3 rings (SSSR count). The van der Waals surface area contributed by atoms with Crippen LogP contribution in [0.25, 0.3) is 11.1 Å². The third-order valence-electron chi connectivity index (χ3n) is 3.81. The second-order valence-corrected chi connectivity index (χ2v) is 5.64. The first-order valence-electron chi connectivity index (χ1n) is 8.66. The van der Waals surface area contributed by atoms with Gasteiger partial charge in [-0.3, -0.25) is 14.9 Å². The van der Waals surface area contributed by atoms with E-state index in [1.54, 1.807) is 0 Å². The number of aromatic nitrogens is 4. The summed E-state index contributed by atoms with van der Waals surface area (Å²) in [4.78, 5) is 20.3. The van der Waals surface area contributed by atoms with E-state index in [4.69, 9.17) is 9.47 Å². The molecule has 1 aromatic carbocycles. The maximum atomic E-state index is 12.4. The molecule has 140 valence electrons. The molecule has 0 spiro atoms. The van der Waals surface area contributed by atoms with Gasteiger partial charge in [-0.1, -0.05) is 6.07 Å². The number of carbonyl (C=O) groups is 1. The Hall–Kier alpha value is -3.42. The van der Waals surface area contributed by atoms with Crippen LogP contribution in [0.4, 0.5) is 5.82 Å². The predicted molar refractivity (Wildman–Crippen MR) is 101 cm³/mol. The number of aromatic amines is 1. The molecule has 2 N–H and O–H groups in total. The lowest BCUT2D eigenvalue weighted by Gasteiger charge is -2.13. The molecular weight excluding hydrogens is 346 g/mol. The first kappa shape index (κ1) is 18.4. The fraction of sp³-hybridized carbons (Fsp3) is 0.263. The van der Waals surface area contributed by atoms with Crippen molar-refractivity contribution in [1.82, 2.24) is 20.2 Å². The molecule has 0 aliphatic heterocycles. The topological polar surface area (TPSA) is 102 Å². The Morgan fingerprint density at radius 3 is 2.63 bits per heavy atom. The van der Waals surface area contributed by atoms with Crippen molar-refractivity contribution >= 4 is 11.7 Å². The number of carbonyl (C=O) groups excluding carboxylic acids is 1. The lowest BCUT2D eigenvalue weighted by atomic mass is 10.0. The quantitative estimate of drug-likeness (QED) is 0.665. The molecule has 0 bridgehead atoms. The Bertz CT molecular complexity index is 924. The number of benzene rings is 1. The number of hydrogen-bond donors (Lipinski definition) is 2. The van der Waals surface area contributed by atoms with Crippen molar-refractivity contribution in [1.29, 1.82) is 0 Å². The predicted octanol–water partition coefficient (Wildman–Crippen LogP) is 3.22. The van der Waals surface area contributed by atoms with Gasteiger partial charge in [-0.25, -0.2) is 4.98 Å². The highest BCUT2D eigenvalue weighted by Crippen LogP contribution is 2.36. The van der Waals surface area contributed by atoms with E-state index in [0.29, 0.717) is 30.5 Å². The number of anilines is 1. The van der Waals surface area contributed by atoms with Gasteiger partial charge < -0.3 is 14.8 Å². The van der Waals surface area contributed by atoms with Gasteiger partial charge in [-0.2, -0.15) is 5.10 Å². The number of H-pyrrole nitrogens is 1. The molecule has 1 amide bonds. The average Bonchev–Trinajstić information content (AvgIpc) is 3.04. The number of nitrogens with one attached hydrogen (secondary N) is 2. The Kier molecular flexibility index (Phi) is 5.65. The summed E-state index contributed by atoms with van der Waals surface area (Å²) in [6.07, 6.45) is 4.38. The van der Waals surface area contributed by atoms with Crippen LogP contribution in [0.5, 0.6) is 11.5 Å². The molecule has 0 fully saturated rings. The Morgan fingerprint density at radius 1 is 1.15 bits per heavy atom. The third kappa shape index (κ3) is 4.05. The molecular formula is C19H21N5O3. The first-order valence-corrected chi connectivity index (χ1v) is 8.66. The van der Waals surface area contributed by atoms with Crippen molar-refractivity contribution in [3.8, 4) is 22.6 Å². The van der Waals surface area contributed by atoms with Crippen LogP contribution in [0, 0.1) is 6.92 Å². The molecule has 0 saturated carbocycles. The Morgan fingerprint density at radius 2 is 1.93 bits per heavy atom. The molecule has 0 unspecified atom stereocenters. The molecule has 0 atom stereocenters. The van der Waals surface area contributed by atoms with Gasteiger partial charge in [-0.15, -0.1) is 0 Å². The van der Waals surface area contributed by atoms with Crippen LogP contribution in [0.1, 0.15) is 30.0 Å². The molecule has 2 heterocycles. The number of hydrogen-bond acceptors (Lipinski definition) is 6. The Balaban J connectivity index is 1.94. The SMILES string of the molecule is CCOc1ccc(-c2c(NC(=O)c3cnccn3)n[nH]c2C)cc1OCC. The van der Waals surface area contributed by atoms with E-state index in [0.717, 1.165) is 16.8 Å². The van der Waals surface area contributed by atoms with Crippen LogP contribution in [-0.2, 0) is 0 Å².